The second-order valence-electron chi connectivity index (χ2n) is 1.81. The monoisotopic (exact) mass is 149 g/mol. The summed E-state index contributed by atoms with van der Waals surface area (Å²) in [5, 5.41) is 27.8. The third-order valence-corrected chi connectivity index (χ3v) is 1.07. The van der Waals surface area contributed by atoms with Crippen LogP contribution in [0.4, 0.5) is 0 Å². The number of amides is 1. The van der Waals surface area contributed by atoms with Crippen molar-refractivity contribution in [1.82, 2.24) is 5.32 Å². The SMILES string of the molecule is CNC(=O)C(O)C(O)CO. The van der Waals surface area contributed by atoms with Crippen LogP contribution in [0.5, 0.6) is 0 Å². The number of rotatable bonds is 3. The van der Waals surface area contributed by atoms with E-state index in [0.29, 0.717) is 0 Å². The first-order valence-electron chi connectivity index (χ1n) is 2.82. The highest BCUT2D eigenvalue weighted by atomic mass is 16.4. The van der Waals surface area contributed by atoms with Crippen molar-refractivity contribution in [2.75, 3.05) is 13.7 Å². The number of aliphatic hydroxyl groups is 3. The Morgan fingerprint density at radius 3 is 2.40 bits per heavy atom. The van der Waals surface area contributed by atoms with Gasteiger partial charge >= 0.3 is 0 Å². The summed E-state index contributed by atoms with van der Waals surface area (Å²) in [5.74, 6) is -0.707. The van der Waals surface area contributed by atoms with Gasteiger partial charge in [-0.3, -0.25) is 4.79 Å². The molecule has 0 aliphatic rings. The molecule has 0 aromatic rings. The minimum Gasteiger partial charge on any atom is -0.394 e. The summed E-state index contributed by atoms with van der Waals surface area (Å²) >= 11 is 0. The smallest absolute Gasteiger partial charge is 0.251 e. The van der Waals surface area contributed by atoms with Gasteiger partial charge in [0.1, 0.15) is 6.10 Å². The summed E-state index contributed by atoms with van der Waals surface area (Å²) in [4.78, 5) is 10.5. The molecule has 0 rings (SSSR count). The molecule has 2 atom stereocenters. The second kappa shape index (κ2) is 4.21. The molecule has 2 unspecified atom stereocenters. The molecule has 5 heteroatoms. The number of likely N-dealkylation sites (N-methyl/N-ethyl adjacent to an activating group) is 1. The first-order valence-corrected chi connectivity index (χ1v) is 2.82. The van der Waals surface area contributed by atoms with Crippen LogP contribution in [0, 0.1) is 0 Å². The zero-order valence-corrected chi connectivity index (χ0v) is 5.61. The maximum Gasteiger partial charge on any atom is 0.251 e. The van der Waals surface area contributed by atoms with E-state index in [-0.39, 0.29) is 0 Å². The number of carbonyl (C=O) groups excluding carboxylic acids is 1. The van der Waals surface area contributed by atoms with Crippen LogP contribution in [0.3, 0.4) is 0 Å². The Bertz CT molecular complexity index is 116. The van der Waals surface area contributed by atoms with Gasteiger partial charge < -0.3 is 20.6 Å². The van der Waals surface area contributed by atoms with Gasteiger partial charge in [0.05, 0.1) is 6.61 Å². The van der Waals surface area contributed by atoms with Crippen LogP contribution in [-0.2, 0) is 4.79 Å². The second-order valence-corrected chi connectivity index (χ2v) is 1.81. The topological polar surface area (TPSA) is 89.8 Å². The minimum atomic E-state index is -1.55. The predicted octanol–water partition coefficient (Wildman–Crippen LogP) is -2.55. The molecule has 1 amide bonds. The maximum absolute atomic E-state index is 10.5. The molecule has 0 aliphatic carbocycles. The lowest BCUT2D eigenvalue weighted by molar-refractivity contribution is -0.136. The Kier molecular flexibility index (Phi) is 3.94. The van der Waals surface area contributed by atoms with Crippen molar-refractivity contribution in [3.8, 4) is 0 Å². The van der Waals surface area contributed by atoms with Crippen LogP contribution >= 0.6 is 0 Å². The fourth-order valence-electron chi connectivity index (χ4n) is 0.422. The molecule has 0 bridgehead atoms. The van der Waals surface area contributed by atoms with E-state index >= 15 is 0 Å². The Morgan fingerprint density at radius 2 is 2.10 bits per heavy atom. The fraction of sp³-hybridized carbons (Fsp3) is 0.800. The van der Waals surface area contributed by atoms with Crippen molar-refractivity contribution < 1.29 is 20.1 Å². The van der Waals surface area contributed by atoms with Crippen molar-refractivity contribution in [1.29, 1.82) is 0 Å². The third kappa shape index (κ3) is 2.30. The summed E-state index contributed by atoms with van der Waals surface area (Å²) < 4.78 is 0. The number of hydrogen-bond acceptors (Lipinski definition) is 4. The molecule has 0 heterocycles. The highest BCUT2D eigenvalue weighted by Gasteiger charge is 2.21. The van der Waals surface area contributed by atoms with Crippen molar-refractivity contribution in [2.24, 2.45) is 0 Å². The minimum absolute atomic E-state index is 0.630. The van der Waals surface area contributed by atoms with Crippen LogP contribution in [0.1, 0.15) is 0 Å². The van der Waals surface area contributed by atoms with E-state index in [9.17, 15) is 4.79 Å². The average Bonchev–Trinajstić information content (AvgIpc) is 2.00. The molecular formula is C5H11NO4. The summed E-state index contributed by atoms with van der Waals surface area (Å²) in [5.41, 5.74) is 0. The van der Waals surface area contributed by atoms with Gasteiger partial charge in [-0.1, -0.05) is 0 Å². The summed E-state index contributed by atoms with van der Waals surface area (Å²) in [6.07, 6.45) is -2.95. The fourth-order valence-corrected chi connectivity index (χ4v) is 0.422. The summed E-state index contributed by atoms with van der Waals surface area (Å²) in [7, 11) is 1.33. The normalized spacial score (nSPS) is 16.0. The predicted molar refractivity (Wildman–Crippen MR) is 33.2 cm³/mol. The highest BCUT2D eigenvalue weighted by Crippen LogP contribution is 1.90. The van der Waals surface area contributed by atoms with E-state index in [2.05, 4.69) is 5.32 Å². The number of nitrogens with one attached hydrogen (secondary N) is 1. The molecule has 0 aliphatic heterocycles. The van der Waals surface area contributed by atoms with Crippen molar-refractivity contribution >= 4 is 5.91 Å². The van der Waals surface area contributed by atoms with Gasteiger partial charge in [-0.15, -0.1) is 0 Å². The average molecular weight is 149 g/mol. The Labute approximate surface area is 58.3 Å². The Morgan fingerprint density at radius 1 is 1.60 bits per heavy atom. The van der Waals surface area contributed by atoms with Crippen molar-refractivity contribution in [2.45, 2.75) is 12.2 Å². The van der Waals surface area contributed by atoms with Crippen LogP contribution in [-0.4, -0.2) is 47.1 Å². The number of aliphatic hydroxyl groups excluding tert-OH is 3. The van der Waals surface area contributed by atoms with Crippen LogP contribution < -0.4 is 5.32 Å². The molecule has 5 nitrogen and oxygen atoms in total. The van der Waals surface area contributed by atoms with E-state index in [1.165, 1.54) is 7.05 Å². The van der Waals surface area contributed by atoms with Crippen LogP contribution in [0.2, 0.25) is 0 Å². The van der Waals surface area contributed by atoms with Gasteiger partial charge in [0.25, 0.3) is 5.91 Å². The van der Waals surface area contributed by atoms with Gasteiger partial charge in [0, 0.05) is 7.05 Å². The first kappa shape index (κ1) is 9.35. The van der Waals surface area contributed by atoms with Gasteiger partial charge in [0.15, 0.2) is 6.10 Å². The molecule has 0 aromatic heterocycles. The van der Waals surface area contributed by atoms with Crippen LogP contribution in [0.25, 0.3) is 0 Å². The molecule has 0 radical (unpaired) electrons. The maximum atomic E-state index is 10.5. The van der Waals surface area contributed by atoms with Gasteiger partial charge in [-0.2, -0.15) is 0 Å². The highest BCUT2D eigenvalue weighted by molar-refractivity contribution is 5.80. The molecule has 0 aromatic carbocycles. The zero-order valence-electron chi connectivity index (χ0n) is 5.61. The van der Waals surface area contributed by atoms with Gasteiger partial charge in [0.2, 0.25) is 0 Å². The zero-order chi connectivity index (χ0) is 8.15. The lowest BCUT2D eigenvalue weighted by Crippen LogP contribution is -2.42. The standard InChI is InChI=1S/C5H11NO4/c1-6-5(10)4(9)3(8)2-7/h3-4,7-9H,2H2,1H3,(H,6,10). The molecule has 4 N–H and O–H groups in total. The Balaban J connectivity index is 3.81. The first-order chi connectivity index (χ1) is 4.63. The van der Waals surface area contributed by atoms with Crippen LogP contribution in [0.15, 0.2) is 0 Å². The Hall–Kier alpha value is -0.650. The number of carbonyl (C=O) groups is 1. The quantitative estimate of drug-likeness (QED) is 0.355. The number of hydrogen-bond donors (Lipinski definition) is 4. The lowest BCUT2D eigenvalue weighted by Gasteiger charge is -2.12. The van der Waals surface area contributed by atoms with E-state index in [4.69, 9.17) is 15.3 Å². The summed E-state index contributed by atoms with van der Waals surface area (Å²) in [6.45, 7) is -0.630. The molecule has 60 valence electrons. The molecular weight excluding hydrogens is 138 g/mol. The van der Waals surface area contributed by atoms with Gasteiger partial charge in [-0.05, 0) is 0 Å². The van der Waals surface area contributed by atoms with Crippen molar-refractivity contribution in [3.63, 3.8) is 0 Å². The lowest BCUT2D eigenvalue weighted by atomic mass is 10.2. The van der Waals surface area contributed by atoms with E-state index < -0.39 is 24.7 Å². The van der Waals surface area contributed by atoms with E-state index in [1.54, 1.807) is 0 Å². The largest absolute Gasteiger partial charge is 0.394 e. The van der Waals surface area contributed by atoms with E-state index in [0.717, 1.165) is 0 Å². The molecule has 0 spiro atoms. The van der Waals surface area contributed by atoms with Gasteiger partial charge in [-0.25, -0.2) is 0 Å². The summed E-state index contributed by atoms with van der Waals surface area (Å²) in [6, 6.07) is 0. The molecule has 10 heavy (non-hydrogen) atoms. The van der Waals surface area contributed by atoms with E-state index in [1.807, 2.05) is 0 Å². The molecule has 0 saturated heterocycles. The molecule has 0 saturated carbocycles. The third-order valence-electron chi connectivity index (χ3n) is 1.07. The van der Waals surface area contributed by atoms with Crippen molar-refractivity contribution in [3.05, 3.63) is 0 Å². The molecule has 0 fully saturated rings.